The van der Waals surface area contributed by atoms with Crippen LogP contribution in [0.15, 0.2) is 30.3 Å². The lowest BCUT2D eigenvalue weighted by molar-refractivity contribution is -0.130. The van der Waals surface area contributed by atoms with Crippen LogP contribution in [0.25, 0.3) is 0 Å². The summed E-state index contributed by atoms with van der Waals surface area (Å²) in [6, 6.07) is 9.66. The van der Waals surface area contributed by atoms with Crippen molar-refractivity contribution in [1.29, 1.82) is 0 Å². The van der Waals surface area contributed by atoms with Crippen molar-refractivity contribution >= 4 is 11.9 Å². The summed E-state index contributed by atoms with van der Waals surface area (Å²) in [4.78, 5) is 25.9. The molecule has 1 aromatic carbocycles. The highest BCUT2D eigenvalue weighted by molar-refractivity contribution is 5.77. The van der Waals surface area contributed by atoms with Gasteiger partial charge in [0.25, 0.3) is 0 Å². The van der Waals surface area contributed by atoms with Gasteiger partial charge in [0, 0.05) is 26.1 Å². The predicted molar refractivity (Wildman–Crippen MR) is 91.1 cm³/mol. The summed E-state index contributed by atoms with van der Waals surface area (Å²) in [5, 5.41) is 5.83. The van der Waals surface area contributed by atoms with Crippen molar-refractivity contribution in [3.05, 3.63) is 35.9 Å². The van der Waals surface area contributed by atoms with Crippen molar-refractivity contribution < 1.29 is 9.59 Å². The first-order valence-electron chi connectivity index (χ1n) is 8.38. The minimum absolute atomic E-state index is 0.203. The highest BCUT2D eigenvalue weighted by Crippen LogP contribution is 2.19. The van der Waals surface area contributed by atoms with Crippen LogP contribution in [0.4, 0.5) is 4.79 Å². The van der Waals surface area contributed by atoms with Gasteiger partial charge < -0.3 is 15.5 Å². The van der Waals surface area contributed by atoms with Crippen LogP contribution in [0.5, 0.6) is 0 Å². The molecule has 1 aliphatic rings. The zero-order valence-electron chi connectivity index (χ0n) is 14.1. The number of urea groups is 1. The Morgan fingerprint density at radius 3 is 2.65 bits per heavy atom. The van der Waals surface area contributed by atoms with Gasteiger partial charge in [0.15, 0.2) is 0 Å². The van der Waals surface area contributed by atoms with Gasteiger partial charge in [-0.05, 0) is 32.3 Å². The van der Waals surface area contributed by atoms with E-state index < -0.39 is 5.54 Å². The maximum atomic E-state index is 12.1. The zero-order chi connectivity index (χ0) is 16.7. The molecule has 0 bridgehead atoms. The maximum Gasteiger partial charge on any atom is 0.315 e. The Bertz CT molecular complexity index is 528. The molecule has 2 N–H and O–H groups in total. The summed E-state index contributed by atoms with van der Waals surface area (Å²) in [7, 11) is 0. The average molecular weight is 317 g/mol. The molecule has 1 saturated heterocycles. The van der Waals surface area contributed by atoms with Crippen LogP contribution in [0.3, 0.4) is 0 Å². The van der Waals surface area contributed by atoms with Gasteiger partial charge in [0.2, 0.25) is 5.91 Å². The number of nitrogens with one attached hydrogen (secondary N) is 2. The minimum atomic E-state index is -0.441. The van der Waals surface area contributed by atoms with Gasteiger partial charge in [-0.1, -0.05) is 36.8 Å². The number of rotatable bonds is 5. The number of carbonyl (C=O) groups excluding carboxylic acids is 2. The lowest BCUT2D eigenvalue weighted by Gasteiger charge is -2.27. The molecule has 0 radical (unpaired) electrons. The SMILES string of the molecule is CC(C)(NC(=O)NCCN1CCCCCC1=O)c1ccccc1. The van der Waals surface area contributed by atoms with Crippen molar-refractivity contribution in [2.24, 2.45) is 0 Å². The van der Waals surface area contributed by atoms with E-state index in [-0.39, 0.29) is 11.9 Å². The fourth-order valence-corrected chi connectivity index (χ4v) is 2.83. The van der Waals surface area contributed by atoms with Crippen molar-refractivity contribution in [2.75, 3.05) is 19.6 Å². The largest absolute Gasteiger partial charge is 0.341 e. The summed E-state index contributed by atoms with van der Waals surface area (Å²) in [5.74, 6) is 0.203. The normalized spacial score (nSPS) is 15.9. The molecule has 0 aromatic heterocycles. The fourth-order valence-electron chi connectivity index (χ4n) is 2.83. The van der Waals surface area contributed by atoms with Crippen molar-refractivity contribution in [3.63, 3.8) is 0 Å². The molecule has 126 valence electrons. The summed E-state index contributed by atoms with van der Waals surface area (Å²) < 4.78 is 0. The third kappa shape index (κ3) is 5.27. The Balaban J connectivity index is 1.77. The standard InChI is InChI=1S/C18H27N3O2/c1-18(2,15-9-5-3-6-10-15)20-17(23)19-12-14-21-13-8-4-7-11-16(21)22/h3,5-6,9-10H,4,7-8,11-14H2,1-2H3,(H2,19,20,23). The molecule has 5 heteroatoms. The first kappa shape index (κ1) is 17.3. The molecule has 0 atom stereocenters. The Morgan fingerprint density at radius 1 is 1.17 bits per heavy atom. The highest BCUT2D eigenvalue weighted by Gasteiger charge is 2.22. The molecular formula is C18H27N3O2. The van der Waals surface area contributed by atoms with E-state index in [1.165, 1.54) is 0 Å². The van der Waals surface area contributed by atoms with E-state index in [1.807, 2.05) is 49.1 Å². The number of benzene rings is 1. The molecule has 23 heavy (non-hydrogen) atoms. The smallest absolute Gasteiger partial charge is 0.315 e. The topological polar surface area (TPSA) is 61.4 Å². The Labute approximate surface area is 138 Å². The van der Waals surface area contributed by atoms with E-state index >= 15 is 0 Å². The van der Waals surface area contributed by atoms with Crippen molar-refractivity contribution in [2.45, 2.75) is 45.1 Å². The van der Waals surface area contributed by atoms with E-state index in [4.69, 9.17) is 0 Å². The summed E-state index contributed by atoms with van der Waals surface area (Å²) in [6.45, 7) is 5.80. The number of likely N-dealkylation sites (tertiary alicyclic amines) is 1. The molecule has 3 amide bonds. The quantitative estimate of drug-likeness (QED) is 0.877. The molecule has 2 rings (SSSR count). The van der Waals surface area contributed by atoms with Crippen LogP contribution in [0.2, 0.25) is 0 Å². The van der Waals surface area contributed by atoms with Gasteiger partial charge in [0.1, 0.15) is 0 Å². The van der Waals surface area contributed by atoms with Gasteiger partial charge in [-0.15, -0.1) is 0 Å². The zero-order valence-corrected chi connectivity index (χ0v) is 14.1. The van der Waals surface area contributed by atoms with Gasteiger partial charge in [-0.25, -0.2) is 4.79 Å². The van der Waals surface area contributed by atoms with Crippen LogP contribution in [0, 0.1) is 0 Å². The second kappa shape index (κ2) is 7.99. The van der Waals surface area contributed by atoms with Crippen LogP contribution < -0.4 is 10.6 Å². The number of nitrogens with zero attached hydrogens (tertiary/aromatic N) is 1. The highest BCUT2D eigenvalue weighted by atomic mass is 16.2. The number of carbonyl (C=O) groups is 2. The molecule has 1 heterocycles. The minimum Gasteiger partial charge on any atom is -0.341 e. The molecule has 0 spiro atoms. The fraction of sp³-hybridized carbons (Fsp3) is 0.556. The van der Waals surface area contributed by atoms with Crippen LogP contribution in [-0.4, -0.2) is 36.5 Å². The molecule has 1 fully saturated rings. The lowest BCUT2D eigenvalue weighted by atomic mass is 9.95. The van der Waals surface area contributed by atoms with Crippen LogP contribution >= 0.6 is 0 Å². The second-order valence-electron chi connectivity index (χ2n) is 6.56. The number of hydrogen-bond donors (Lipinski definition) is 2. The van der Waals surface area contributed by atoms with E-state index in [0.29, 0.717) is 19.5 Å². The van der Waals surface area contributed by atoms with Gasteiger partial charge in [-0.3, -0.25) is 4.79 Å². The van der Waals surface area contributed by atoms with Crippen molar-refractivity contribution in [3.8, 4) is 0 Å². The second-order valence-corrected chi connectivity index (χ2v) is 6.56. The number of amides is 3. The van der Waals surface area contributed by atoms with E-state index in [0.717, 1.165) is 31.4 Å². The van der Waals surface area contributed by atoms with Crippen molar-refractivity contribution in [1.82, 2.24) is 15.5 Å². The summed E-state index contributed by atoms with van der Waals surface area (Å²) in [6.07, 6.45) is 3.78. The Kier molecular flexibility index (Phi) is 6.02. The molecule has 1 aliphatic heterocycles. The van der Waals surface area contributed by atoms with Gasteiger partial charge >= 0.3 is 6.03 Å². The third-order valence-corrected chi connectivity index (χ3v) is 4.26. The number of hydrogen-bond acceptors (Lipinski definition) is 2. The van der Waals surface area contributed by atoms with Gasteiger partial charge in [-0.2, -0.15) is 0 Å². The molecule has 0 aliphatic carbocycles. The van der Waals surface area contributed by atoms with E-state index in [2.05, 4.69) is 10.6 Å². The van der Waals surface area contributed by atoms with Crippen LogP contribution in [0.1, 0.15) is 45.1 Å². The molecule has 0 unspecified atom stereocenters. The Morgan fingerprint density at radius 2 is 1.91 bits per heavy atom. The molecule has 5 nitrogen and oxygen atoms in total. The average Bonchev–Trinajstić information content (AvgIpc) is 2.73. The Hall–Kier alpha value is -2.04. The molecular weight excluding hydrogens is 290 g/mol. The predicted octanol–water partition coefficient (Wildman–Crippen LogP) is 2.62. The summed E-state index contributed by atoms with van der Waals surface area (Å²) >= 11 is 0. The molecule has 0 saturated carbocycles. The third-order valence-electron chi connectivity index (χ3n) is 4.26. The van der Waals surface area contributed by atoms with Crippen LogP contribution in [-0.2, 0) is 10.3 Å². The van der Waals surface area contributed by atoms with E-state index in [1.54, 1.807) is 0 Å². The monoisotopic (exact) mass is 317 g/mol. The van der Waals surface area contributed by atoms with Gasteiger partial charge in [0.05, 0.1) is 5.54 Å². The summed E-state index contributed by atoms with van der Waals surface area (Å²) in [5.41, 5.74) is 0.613. The maximum absolute atomic E-state index is 12.1. The van der Waals surface area contributed by atoms with E-state index in [9.17, 15) is 9.59 Å². The first-order valence-corrected chi connectivity index (χ1v) is 8.38. The molecule has 1 aromatic rings. The first-order chi connectivity index (χ1) is 11.0. The lowest BCUT2D eigenvalue weighted by Crippen LogP contribution is -2.48.